The Morgan fingerprint density at radius 1 is 0.447 bits per heavy atom. The van der Waals surface area contributed by atoms with Crippen LogP contribution < -0.4 is 0 Å². The molecule has 0 saturated heterocycles. The third kappa shape index (κ3) is 2.71. The number of hydrogen-bond acceptors (Lipinski definition) is 4. The van der Waals surface area contributed by atoms with Gasteiger partial charge in [0, 0.05) is 46.8 Å². The first-order valence-electron chi connectivity index (χ1n) is 12.7. The van der Waals surface area contributed by atoms with Gasteiger partial charge in [-0.05, 0) is 40.4 Å². The molecule has 0 spiro atoms. The summed E-state index contributed by atoms with van der Waals surface area (Å²) in [6.07, 6.45) is 0. The first kappa shape index (κ1) is 20.7. The van der Waals surface area contributed by atoms with Crippen LogP contribution in [-0.4, -0.2) is 9.97 Å². The van der Waals surface area contributed by atoms with Gasteiger partial charge in [0.15, 0.2) is 5.82 Å². The predicted molar refractivity (Wildman–Crippen MR) is 165 cm³/mol. The number of thiophene rings is 2. The van der Waals surface area contributed by atoms with Crippen molar-refractivity contribution in [3.8, 4) is 22.6 Å². The molecule has 0 aliphatic rings. The maximum atomic E-state index is 5.31. The molecule has 0 N–H and O–H groups in total. The van der Waals surface area contributed by atoms with E-state index in [0.29, 0.717) is 0 Å². The number of hydrogen-bond donors (Lipinski definition) is 0. The largest absolute Gasteiger partial charge is 0.226 e. The van der Waals surface area contributed by atoms with Gasteiger partial charge < -0.3 is 0 Å². The van der Waals surface area contributed by atoms with Gasteiger partial charge in [-0.1, -0.05) is 84.9 Å². The molecule has 0 aliphatic heterocycles. The molecule has 9 rings (SSSR count). The van der Waals surface area contributed by atoms with Gasteiger partial charge in [0.05, 0.1) is 15.9 Å². The summed E-state index contributed by atoms with van der Waals surface area (Å²) in [7, 11) is 0. The van der Waals surface area contributed by atoms with E-state index in [9.17, 15) is 0 Å². The van der Waals surface area contributed by atoms with Crippen molar-refractivity contribution in [1.29, 1.82) is 0 Å². The van der Waals surface area contributed by atoms with E-state index in [2.05, 4.69) is 109 Å². The summed E-state index contributed by atoms with van der Waals surface area (Å²) in [6, 6.07) is 39.1. The van der Waals surface area contributed by atoms with Crippen LogP contribution in [0.2, 0.25) is 0 Å². The number of benzene rings is 6. The lowest BCUT2D eigenvalue weighted by Gasteiger charge is -2.13. The predicted octanol–water partition coefficient (Wildman–Crippen LogP) is 10.3. The molecule has 0 amide bonds. The Hall–Kier alpha value is -4.38. The van der Waals surface area contributed by atoms with Crippen LogP contribution in [0.25, 0.3) is 84.7 Å². The molecule has 0 bridgehead atoms. The van der Waals surface area contributed by atoms with E-state index in [1.54, 1.807) is 11.3 Å². The molecule has 6 aromatic carbocycles. The highest BCUT2D eigenvalue weighted by Crippen LogP contribution is 2.48. The van der Waals surface area contributed by atoms with Crippen molar-refractivity contribution in [3.63, 3.8) is 0 Å². The van der Waals surface area contributed by atoms with Crippen molar-refractivity contribution in [2.75, 3.05) is 0 Å². The Balaban J connectivity index is 1.48. The summed E-state index contributed by atoms with van der Waals surface area (Å²) in [4.78, 5) is 10.6. The molecule has 0 atom stereocenters. The van der Waals surface area contributed by atoms with Crippen LogP contribution >= 0.6 is 22.7 Å². The second kappa shape index (κ2) is 7.57. The van der Waals surface area contributed by atoms with E-state index in [4.69, 9.17) is 9.97 Å². The van der Waals surface area contributed by atoms with E-state index in [1.165, 1.54) is 51.8 Å². The first-order valence-corrected chi connectivity index (χ1v) is 14.3. The zero-order chi connectivity index (χ0) is 24.8. The van der Waals surface area contributed by atoms with E-state index in [1.807, 2.05) is 11.3 Å². The second-order valence-corrected chi connectivity index (χ2v) is 11.9. The van der Waals surface area contributed by atoms with E-state index in [-0.39, 0.29) is 0 Å². The Morgan fingerprint density at radius 3 is 2.03 bits per heavy atom. The highest BCUT2D eigenvalue weighted by Gasteiger charge is 2.22. The number of nitrogens with zero attached hydrogens (tertiary/aromatic N) is 2. The Kier molecular flexibility index (Phi) is 4.12. The monoisotopic (exact) mass is 518 g/mol. The van der Waals surface area contributed by atoms with Crippen molar-refractivity contribution in [2.45, 2.75) is 0 Å². The lowest BCUT2D eigenvalue weighted by Crippen LogP contribution is -1.95. The summed E-state index contributed by atoms with van der Waals surface area (Å²) < 4.78 is 5.02. The van der Waals surface area contributed by atoms with Gasteiger partial charge >= 0.3 is 0 Å². The molecule has 38 heavy (non-hydrogen) atoms. The summed E-state index contributed by atoms with van der Waals surface area (Å²) in [5, 5.41) is 8.98. The molecule has 3 heterocycles. The van der Waals surface area contributed by atoms with Gasteiger partial charge in [0.2, 0.25) is 0 Å². The average molecular weight is 519 g/mol. The number of fused-ring (bicyclic) bond motifs is 6. The maximum absolute atomic E-state index is 5.31. The molecule has 0 saturated carbocycles. The summed E-state index contributed by atoms with van der Waals surface area (Å²) in [5.41, 5.74) is 4.24. The van der Waals surface area contributed by atoms with Gasteiger partial charge in [0.25, 0.3) is 0 Å². The highest BCUT2D eigenvalue weighted by molar-refractivity contribution is 7.26. The standard InChI is InChI=1S/C34H18N2S2/c1-2-9-19(10-3-1)31-33-32(23-13-6-7-15-25(23)38-33)36-34(35-31)24-17-18-27-30-28(24)21-12-5-4-11-20(21)22-14-8-16-26(37-27)29(22)30/h1-18H. The minimum Gasteiger partial charge on any atom is -0.226 e. The molecule has 9 aromatic rings. The summed E-state index contributed by atoms with van der Waals surface area (Å²) >= 11 is 3.65. The summed E-state index contributed by atoms with van der Waals surface area (Å²) in [6.45, 7) is 0. The minimum absolute atomic E-state index is 0.783. The summed E-state index contributed by atoms with van der Waals surface area (Å²) in [5.74, 6) is 0.783. The minimum atomic E-state index is 0.783. The third-order valence-corrected chi connectivity index (χ3v) is 9.94. The first-order chi connectivity index (χ1) is 18.8. The lowest BCUT2D eigenvalue weighted by molar-refractivity contribution is 1.25. The molecule has 0 unspecified atom stereocenters. The topological polar surface area (TPSA) is 25.8 Å². The Bertz CT molecular complexity index is 2350. The van der Waals surface area contributed by atoms with Crippen molar-refractivity contribution in [3.05, 3.63) is 109 Å². The van der Waals surface area contributed by atoms with Crippen LogP contribution in [0.5, 0.6) is 0 Å². The number of aromatic nitrogens is 2. The van der Waals surface area contributed by atoms with Crippen LogP contribution in [0.3, 0.4) is 0 Å². The van der Waals surface area contributed by atoms with Gasteiger partial charge in [0.1, 0.15) is 0 Å². The highest BCUT2D eigenvalue weighted by atomic mass is 32.1. The fraction of sp³-hybridized carbons (Fsp3) is 0. The molecular formula is C34H18N2S2. The zero-order valence-corrected chi connectivity index (χ0v) is 21.7. The quantitative estimate of drug-likeness (QED) is 0.213. The normalized spacial score (nSPS) is 12.2. The fourth-order valence-corrected chi connectivity index (χ4v) is 8.33. The van der Waals surface area contributed by atoms with Crippen molar-refractivity contribution >= 4 is 84.7 Å². The zero-order valence-electron chi connectivity index (χ0n) is 20.1. The van der Waals surface area contributed by atoms with Crippen molar-refractivity contribution < 1.29 is 0 Å². The Labute approximate surface area is 225 Å². The van der Waals surface area contributed by atoms with Crippen LogP contribution in [0.4, 0.5) is 0 Å². The number of rotatable bonds is 2. The molecular weight excluding hydrogens is 501 g/mol. The molecule has 0 fully saturated rings. The smallest absolute Gasteiger partial charge is 0.161 e. The van der Waals surface area contributed by atoms with Crippen LogP contribution in [-0.2, 0) is 0 Å². The molecule has 0 radical (unpaired) electrons. The van der Waals surface area contributed by atoms with Crippen LogP contribution in [0.1, 0.15) is 0 Å². The molecule has 0 aliphatic carbocycles. The van der Waals surface area contributed by atoms with Gasteiger partial charge in [-0.3, -0.25) is 0 Å². The maximum Gasteiger partial charge on any atom is 0.161 e. The molecule has 4 heteroatoms. The van der Waals surface area contributed by atoms with Gasteiger partial charge in [-0.25, -0.2) is 9.97 Å². The SMILES string of the molecule is c1ccc(-c2nc(-c3ccc4sc5cccc6c7ccccc7c3c4c56)nc3c2sc2ccccc23)cc1. The second-order valence-electron chi connectivity index (χ2n) is 9.73. The average Bonchev–Trinajstić information content (AvgIpc) is 3.55. The van der Waals surface area contributed by atoms with Crippen LogP contribution in [0.15, 0.2) is 109 Å². The van der Waals surface area contributed by atoms with Gasteiger partial charge in [-0.2, -0.15) is 0 Å². The Morgan fingerprint density at radius 2 is 1.13 bits per heavy atom. The molecule has 176 valence electrons. The van der Waals surface area contributed by atoms with E-state index >= 15 is 0 Å². The molecule has 2 nitrogen and oxygen atoms in total. The fourth-order valence-electron chi connectivity index (χ4n) is 6.04. The molecule has 3 aromatic heterocycles. The van der Waals surface area contributed by atoms with Crippen molar-refractivity contribution in [1.82, 2.24) is 9.97 Å². The van der Waals surface area contributed by atoms with E-state index < -0.39 is 0 Å². The van der Waals surface area contributed by atoms with Crippen molar-refractivity contribution in [2.24, 2.45) is 0 Å². The van der Waals surface area contributed by atoms with E-state index in [0.717, 1.165) is 32.9 Å². The lowest BCUT2D eigenvalue weighted by atomic mass is 9.91. The third-order valence-electron chi connectivity index (χ3n) is 7.66. The van der Waals surface area contributed by atoms with Gasteiger partial charge in [-0.15, -0.1) is 22.7 Å². The van der Waals surface area contributed by atoms with Crippen LogP contribution in [0, 0.1) is 0 Å².